The van der Waals surface area contributed by atoms with Crippen LogP contribution in [-0.2, 0) is 0 Å². The van der Waals surface area contributed by atoms with E-state index in [1.807, 2.05) is 20.1 Å². The summed E-state index contributed by atoms with van der Waals surface area (Å²) in [6, 6.07) is 0. The van der Waals surface area contributed by atoms with E-state index in [-0.39, 0.29) is 5.92 Å². The first-order valence-corrected chi connectivity index (χ1v) is 5.50. The number of hydrogen-bond donors (Lipinski definition) is 1. The zero-order valence-corrected chi connectivity index (χ0v) is 9.45. The third kappa shape index (κ3) is 2.00. The predicted octanol–water partition coefficient (Wildman–Crippen LogP) is 1.57. The molecular formula is C7H12N4S2. The van der Waals surface area contributed by atoms with Crippen molar-refractivity contribution in [2.24, 2.45) is 0 Å². The maximum Gasteiger partial charge on any atom is 0.209 e. The first kappa shape index (κ1) is 10.5. The molecule has 0 amide bonds. The molecule has 1 aromatic rings. The minimum atomic E-state index is 0.255. The highest BCUT2D eigenvalue weighted by atomic mass is 32.2. The molecule has 0 aliphatic heterocycles. The molecule has 1 heterocycles. The van der Waals surface area contributed by atoms with Gasteiger partial charge in [-0.25, -0.2) is 4.68 Å². The Morgan fingerprint density at radius 1 is 1.46 bits per heavy atom. The van der Waals surface area contributed by atoms with Crippen molar-refractivity contribution >= 4 is 24.0 Å². The van der Waals surface area contributed by atoms with Crippen LogP contribution in [0.1, 0.15) is 25.5 Å². The van der Waals surface area contributed by atoms with Gasteiger partial charge in [-0.1, -0.05) is 37.8 Å². The summed E-state index contributed by atoms with van der Waals surface area (Å²) in [5.74, 6) is 5.98. The van der Waals surface area contributed by atoms with Gasteiger partial charge in [-0.05, 0) is 6.26 Å². The molecule has 0 bridgehead atoms. The van der Waals surface area contributed by atoms with Crippen LogP contribution < -0.4 is 5.84 Å². The van der Waals surface area contributed by atoms with Crippen LogP contribution in [0.25, 0.3) is 0 Å². The van der Waals surface area contributed by atoms with Crippen molar-refractivity contribution in [1.29, 1.82) is 0 Å². The Labute approximate surface area is 86.5 Å². The second-order valence-corrected chi connectivity index (χ2v) is 4.06. The molecule has 4 nitrogen and oxygen atoms in total. The monoisotopic (exact) mass is 216 g/mol. The Kier molecular flexibility index (Phi) is 3.27. The van der Waals surface area contributed by atoms with Gasteiger partial charge in [0.15, 0.2) is 4.64 Å². The highest BCUT2D eigenvalue weighted by Crippen LogP contribution is 2.15. The van der Waals surface area contributed by atoms with E-state index in [4.69, 9.17) is 18.1 Å². The number of aromatic nitrogens is 3. The van der Waals surface area contributed by atoms with Crippen molar-refractivity contribution < 1.29 is 0 Å². The Morgan fingerprint density at radius 3 is 2.54 bits per heavy atom. The second-order valence-electron chi connectivity index (χ2n) is 2.90. The molecule has 0 aliphatic carbocycles. The van der Waals surface area contributed by atoms with Crippen LogP contribution in [0.5, 0.6) is 0 Å². The van der Waals surface area contributed by atoms with Gasteiger partial charge < -0.3 is 5.84 Å². The summed E-state index contributed by atoms with van der Waals surface area (Å²) in [7, 11) is 0. The van der Waals surface area contributed by atoms with Crippen LogP contribution in [0.2, 0.25) is 0 Å². The molecule has 72 valence electrons. The van der Waals surface area contributed by atoms with Crippen molar-refractivity contribution in [2.75, 3.05) is 12.1 Å². The highest BCUT2D eigenvalue weighted by molar-refractivity contribution is 7.98. The van der Waals surface area contributed by atoms with E-state index in [2.05, 4.69) is 10.2 Å². The van der Waals surface area contributed by atoms with Gasteiger partial charge >= 0.3 is 0 Å². The van der Waals surface area contributed by atoms with Crippen LogP contribution in [-0.4, -0.2) is 21.1 Å². The Morgan fingerprint density at radius 2 is 2.08 bits per heavy atom. The van der Waals surface area contributed by atoms with E-state index in [1.54, 1.807) is 0 Å². The molecule has 0 saturated heterocycles. The number of thioether (sulfide) groups is 1. The van der Waals surface area contributed by atoms with Crippen molar-refractivity contribution in [1.82, 2.24) is 14.9 Å². The minimum absolute atomic E-state index is 0.255. The molecule has 2 N–H and O–H groups in total. The molecule has 1 aromatic heterocycles. The van der Waals surface area contributed by atoms with Gasteiger partial charge in [0, 0.05) is 5.92 Å². The van der Waals surface area contributed by atoms with Crippen LogP contribution >= 0.6 is 24.0 Å². The van der Waals surface area contributed by atoms with E-state index < -0.39 is 0 Å². The fourth-order valence-electron chi connectivity index (χ4n) is 0.899. The summed E-state index contributed by atoms with van der Waals surface area (Å²) >= 11 is 6.57. The van der Waals surface area contributed by atoms with E-state index in [1.165, 1.54) is 16.4 Å². The molecular weight excluding hydrogens is 204 g/mol. The van der Waals surface area contributed by atoms with Crippen LogP contribution in [0.15, 0.2) is 5.16 Å². The Hall–Kier alpha value is -0.620. The normalized spacial score (nSPS) is 10.8. The molecule has 0 aliphatic rings. The van der Waals surface area contributed by atoms with E-state index in [0.29, 0.717) is 9.80 Å². The maximum absolute atomic E-state index is 5.72. The summed E-state index contributed by atoms with van der Waals surface area (Å²) in [5.41, 5.74) is 0.773. The number of rotatable bonds is 2. The van der Waals surface area contributed by atoms with Gasteiger partial charge in [0.1, 0.15) is 5.69 Å². The average molecular weight is 216 g/mol. The molecule has 0 fully saturated rings. The largest absolute Gasteiger partial charge is 0.336 e. The van der Waals surface area contributed by atoms with Gasteiger partial charge in [-0.15, -0.1) is 10.2 Å². The third-order valence-corrected chi connectivity index (χ3v) is 2.67. The fourth-order valence-corrected chi connectivity index (χ4v) is 1.73. The minimum Gasteiger partial charge on any atom is -0.336 e. The molecule has 0 aromatic carbocycles. The summed E-state index contributed by atoms with van der Waals surface area (Å²) in [6.45, 7) is 4.02. The Bertz CT molecular complexity index is 358. The molecule has 6 heteroatoms. The number of hydrogen-bond acceptors (Lipinski definition) is 5. The van der Waals surface area contributed by atoms with E-state index in [9.17, 15) is 0 Å². The molecule has 0 saturated carbocycles. The van der Waals surface area contributed by atoms with E-state index in [0.717, 1.165) is 5.69 Å². The standard InChI is InChI=1S/C7H12N4S2/c1-4(2)5-6(12)11(8)7(13-3)10-9-5/h4H,8H2,1-3H3. The third-order valence-electron chi connectivity index (χ3n) is 1.62. The molecule has 13 heavy (non-hydrogen) atoms. The highest BCUT2D eigenvalue weighted by Gasteiger charge is 2.08. The van der Waals surface area contributed by atoms with Gasteiger partial charge in [0.25, 0.3) is 0 Å². The van der Waals surface area contributed by atoms with Gasteiger partial charge in [0.2, 0.25) is 5.16 Å². The van der Waals surface area contributed by atoms with Crippen molar-refractivity contribution in [3.05, 3.63) is 10.3 Å². The lowest BCUT2D eigenvalue weighted by Crippen LogP contribution is -2.18. The maximum atomic E-state index is 5.72. The van der Waals surface area contributed by atoms with Crippen molar-refractivity contribution in [3.63, 3.8) is 0 Å². The smallest absolute Gasteiger partial charge is 0.209 e. The average Bonchev–Trinajstić information content (AvgIpc) is 2.09. The quantitative estimate of drug-likeness (QED) is 0.462. The molecule has 1 rings (SSSR count). The van der Waals surface area contributed by atoms with Crippen molar-refractivity contribution in [3.8, 4) is 0 Å². The predicted molar refractivity (Wildman–Crippen MR) is 56.9 cm³/mol. The Balaban J connectivity index is 3.32. The first-order chi connectivity index (χ1) is 6.07. The zero-order chi connectivity index (χ0) is 10.0. The van der Waals surface area contributed by atoms with Gasteiger partial charge in [0.05, 0.1) is 0 Å². The lowest BCUT2D eigenvalue weighted by Gasteiger charge is -2.08. The molecule has 0 spiro atoms. The van der Waals surface area contributed by atoms with E-state index >= 15 is 0 Å². The summed E-state index contributed by atoms with van der Waals surface area (Å²) < 4.78 is 1.97. The van der Waals surface area contributed by atoms with Crippen LogP contribution in [0, 0.1) is 4.64 Å². The zero-order valence-electron chi connectivity index (χ0n) is 7.81. The number of nitrogens with two attached hydrogens (primary N) is 1. The lowest BCUT2D eigenvalue weighted by atomic mass is 10.1. The lowest BCUT2D eigenvalue weighted by molar-refractivity contribution is 0.655. The summed E-state index contributed by atoms with van der Waals surface area (Å²) in [5, 5.41) is 8.63. The fraction of sp³-hybridized carbons (Fsp3) is 0.571. The van der Waals surface area contributed by atoms with Crippen LogP contribution in [0.4, 0.5) is 0 Å². The molecule has 0 unspecified atom stereocenters. The van der Waals surface area contributed by atoms with Crippen molar-refractivity contribution in [2.45, 2.75) is 24.9 Å². The van der Waals surface area contributed by atoms with Gasteiger partial charge in [-0.3, -0.25) is 0 Å². The topological polar surface area (TPSA) is 56.7 Å². The van der Waals surface area contributed by atoms with Crippen LogP contribution in [0.3, 0.4) is 0 Å². The SMILES string of the molecule is CSc1nnc(C(C)C)c(=S)n1N. The summed E-state index contributed by atoms with van der Waals surface area (Å²) in [6.07, 6.45) is 1.89. The van der Waals surface area contributed by atoms with Gasteiger partial charge in [-0.2, -0.15) is 0 Å². The first-order valence-electron chi connectivity index (χ1n) is 3.86. The number of nitrogen functional groups attached to an aromatic ring is 1. The molecule has 0 atom stereocenters. The summed E-state index contributed by atoms with van der Waals surface area (Å²) in [4.78, 5) is 0. The molecule has 0 radical (unpaired) electrons. The second kappa shape index (κ2) is 4.06. The number of nitrogens with zero attached hydrogens (tertiary/aromatic N) is 3.